The van der Waals surface area contributed by atoms with Crippen LogP contribution in [-0.2, 0) is 9.47 Å². The molecule has 0 bridgehead atoms. The van der Waals surface area contributed by atoms with Crippen molar-refractivity contribution in [1.29, 1.82) is 0 Å². The highest BCUT2D eigenvalue weighted by Crippen LogP contribution is 2.58. The normalized spacial score (nSPS) is 47.2. The average molecular weight is 254 g/mol. The zero-order chi connectivity index (χ0) is 12.8. The monoisotopic (exact) mass is 254 g/mol. The molecule has 3 rings (SSSR count). The molecule has 18 heavy (non-hydrogen) atoms. The van der Waals surface area contributed by atoms with Gasteiger partial charge in [0.05, 0.1) is 19.3 Å². The summed E-state index contributed by atoms with van der Waals surface area (Å²) in [6.07, 6.45) is 6.29. The van der Waals surface area contributed by atoms with Gasteiger partial charge in [0.1, 0.15) is 0 Å². The molecule has 2 aliphatic carbocycles. The zero-order valence-electron chi connectivity index (χ0n) is 11.7. The van der Waals surface area contributed by atoms with Gasteiger partial charge in [-0.2, -0.15) is 0 Å². The number of hydrogen-bond donors (Lipinski definition) is 1. The summed E-state index contributed by atoms with van der Waals surface area (Å²) in [7, 11) is 0. The van der Waals surface area contributed by atoms with Gasteiger partial charge in [-0.3, -0.25) is 0 Å². The van der Waals surface area contributed by atoms with Crippen molar-refractivity contribution in [2.45, 2.75) is 64.3 Å². The first kappa shape index (κ1) is 12.9. The Morgan fingerprint density at radius 2 is 1.89 bits per heavy atom. The Labute approximate surface area is 110 Å². The van der Waals surface area contributed by atoms with E-state index < -0.39 is 0 Å². The predicted octanol–water partition coefficient (Wildman–Crippen LogP) is 2.72. The summed E-state index contributed by atoms with van der Waals surface area (Å²) in [5.41, 5.74) is 0.0828. The van der Waals surface area contributed by atoms with E-state index in [1.807, 2.05) is 0 Å². The smallest absolute Gasteiger partial charge is 0.171 e. The average Bonchev–Trinajstić information content (AvgIpc) is 2.82. The summed E-state index contributed by atoms with van der Waals surface area (Å²) in [6.45, 7) is 6.00. The molecule has 0 aromatic heterocycles. The second-order valence-electron chi connectivity index (χ2n) is 6.58. The number of aliphatic hydroxyl groups excluding tert-OH is 1. The third-order valence-electron chi connectivity index (χ3n) is 5.88. The van der Waals surface area contributed by atoms with Gasteiger partial charge in [0.2, 0.25) is 0 Å². The Kier molecular flexibility index (Phi) is 3.20. The summed E-state index contributed by atoms with van der Waals surface area (Å²) in [5.74, 6) is 0.683. The van der Waals surface area contributed by atoms with E-state index in [4.69, 9.17) is 9.47 Å². The van der Waals surface area contributed by atoms with Gasteiger partial charge in [0, 0.05) is 12.3 Å². The molecule has 0 unspecified atom stereocenters. The molecule has 3 nitrogen and oxygen atoms in total. The molecule has 104 valence electrons. The fourth-order valence-corrected chi connectivity index (χ4v) is 4.81. The van der Waals surface area contributed by atoms with Crippen LogP contribution >= 0.6 is 0 Å². The molecule has 2 saturated carbocycles. The van der Waals surface area contributed by atoms with E-state index in [1.54, 1.807) is 0 Å². The molecular weight excluding hydrogens is 228 g/mol. The Morgan fingerprint density at radius 3 is 2.56 bits per heavy atom. The van der Waals surface area contributed by atoms with Crippen molar-refractivity contribution in [2.24, 2.45) is 17.3 Å². The second-order valence-corrected chi connectivity index (χ2v) is 6.58. The van der Waals surface area contributed by atoms with Gasteiger partial charge >= 0.3 is 0 Å². The lowest BCUT2D eigenvalue weighted by Crippen LogP contribution is -2.57. The Balaban J connectivity index is 1.91. The molecule has 0 aromatic carbocycles. The predicted molar refractivity (Wildman–Crippen MR) is 69.1 cm³/mol. The van der Waals surface area contributed by atoms with Crippen LogP contribution in [0.15, 0.2) is 0 Å². The van der Waals surface area contributed by atoms with E-state index >= 15 is 0 Å². The van der Waals surface area contributed by atoms with E-state index in [0.29, 0.717) is 11.8 Å². The van der Waals surface area contributed by atoms with E-state index in [9.17, 15) is 5.11 Å². The number of hydrogen-bond acceptors (Lipinski definition) is 3. The minimum Gasteiger partial charge on any atom is -0.393 e. The maximum absolute atomic E-state index is 10.4. The third-order valence-corrected chi connectivity index (χ3v) is 5.88. The van der Waals surface area contributed by atoms with Gasteiger partial charge in [0.15, 0.2) is 5.79 Å². The van der Waals surface area contributed by atoms with Crippen LogP contribution in [0.3, 0.4) is 0 Å². The molecule has 3 heteroatoms. The van der Waals surface area contributed by atoms with Crippen LogP contribution in [0, 0.1) is 17.3 Å². The van der Waals surface area contributed by atoms with E-state index in [0.717, 1.165) is 45.3 Å². The van der Waals surface area contributed by atoms with Crippen LogP contribution in [-0.4, -0.2) is 30.2 Å². The van der Waals surface area contributed by atoms with E-state index in [1.165, 1.54) is 6.42 Å². The van der Waals surface area contributed by atoms with Crippen molar-refractivity contribution in [2.75, 3.05) is 13.2 Å². The van der Waals surface area contributed by atoms with Gasteiger partial charge in [-0.15, -0.1) is 0 Å². The van der Waals surface area contributed by atoms with E-state index in [-0.39, 0.29) is 17.3 Å². The van der Waals surface area contributed by atoms with Gasteiger partial charge in [-0.1, -0.05) is 20.3 Å². The standard InChI is InChI=1S/C15H26O3/c1-3-11-12-5-4-6-13(16)14(12,2)7-8-15(11)17-9-10-18-15/h11-13,16H,3-10H2,1-2H3/t11-,12-,13-,14-/m0/s1. The maximum atomic E-state index is 10.4. The first-order valence-corrected chi connectivity index (χ1v) is 7.58. The SMILES string of the molecule is CC[C@H]1[C@@H]2CCC[C@H](O)[C@@]2(C)CCC12OCCO2. The van der Waals surface area contributed by atoms with Gasteiger partial charge in [0.25, 0.3) is 0 Å². The van der Waals surface area contributed by atoms with Crippen molar-refractivity contribution in [1.82, 2.24) is 0 Å². The summed E-state index contributed by atoms with van der Waals surface area (Å²) < 4.78 is 12.0. The minimum atomic E-state index is -0.323. The first-order valence-electron chi connectivity index (χ1n) is 7.58. The highest BCUT2D eigenvalue weighted by atomic mass is 16.7. The van der Waals surface area contributed by atoms with Crippen LogP contribution in [0.1, 0.15) is 52.4 Å². The van der Waals surface area contributed by atoms with Crippen LogP contribution in [0.2, 0.25) is 0 Å². The fraction of sp³-hybridized carbons (Fsp3) is 1.00. The molecule has 4 atom stereocenters. The summed E-state index contributed by atoms with van der Waals surface area (Å²) >= 11 is 0. The Hall–Kier alpha value is -0.120. The lowest BCUT2D eigenvalue weighted by atomic mass is 9.53. The lowest BCUT2D eigenvalue weighted by molar-refractivity contribution is -0.263. The minimum absolute atomic E-state index is 0.0828. The largest absolute Gasteiger partial charge is 0.393 e. The number of fused-ring (bicyclic) bond motifs is 1. The summed E-state index contributed by atoms with van der Waals surface area (Å²) in [4.78, 5) is 0. The number of aliphatic hydroxyl groups is 1. The van der Waals surface area contributed by atoms with Crippen LogP contribution in [0.25, 0.3) is 0 Å². The third kappa shape index (κ3) is 1.67. The molecule has 1 aliphatic heterocycles. The number of rotatable bonds is 1. The summed E-state index contributed by atoms with van der Waals surface area (Å²) in [6, 6.07) is 0. The van der Waals surface area contributed by atoms with Crippen LogP contribution in [0.4, 0.5) is 0 Å². The molecule has 1 saturated heterocycles. The van der Waals surface area contributed by atoms with Gasteiger partial charge in [-0.05, 0) is 37.0 Å². The molecule has 0 radical (unpaired) electrons. The van der Waals surface area contributed by atoms with Crippen molar-refractivity contribution in [3.05, 3.63) is 0 Å². The molecule has 3 aliphatic rings. The highest BCUT2D eigenvalue weighted by molar-refractivity contribution is 5.04. The fourth-order valence-electron chi connectivity index (χ4n) is 4.81. The Morgan fingerprint density at radius 1 is 1.17 bits per heavy atom. The first-order chi connectivity index (χ1) is 8.62. The molecule has 1 spiro atoms. The lowest BCUT2D eigenvalue weighted by Gasteiger charge is -2.56. The van der Waals surface area contributed by atoms with Crippen LogP contribution < -0.4 is 0 Å². The quantitative estimate of drug-likeness (QED) is 0.782. The van der Waals surface area contributed by atoms with Crippen molar-refractivity contribution in [3.8, 4) is 0 Å². The highest BCUT2D eigenvalue weighted by Gasteiger charge is 2.58. The molecule has 3 fully saturated rings. The topological polar surface area (TPSA) is 38.7 Å². The molecular formula is C15H26O3. The molecule has 1 heterocycles. The molecule has 1 N–H and O–H groups in total. The van der Waals surface area contributed by atoms with Crippen molar-refractivity contribution >= 4 is 0 Å². The number of ether oxygens (including phenoxy) is 2. The van der Waals surface area contributed by atoms with Crippen molar-refractivity contribution < 1.29 is 14.6 Å². The van der Waals surface area contributed by atoms with Gasteiger partial charge in [-0.25, -0.2) is 0 Å². The van der Waals surface area contributed by atoms with Crippen molar-refractivity contribution in [3.63, 3.8) is 0 Å². The van der Waals surface area contributed by atoms with E-state index in [2.05, 4.69) is 13.8 Å². The summed E-state index contributed by atoms with van der Waals surface area (Å²) in [5, 5.41) is 10.4. The molecule has 0 amide bonds. The zero-order valence-corrected chi connectivity index (χ0v) is 11.7. The Bertz CT molecular complexity index is 305. The maximum Gasteiger partial charge on any atom is 0.171 e. The van der Waals surface area contributed by atoms with Crippen LogP contribution in [0.5, 0.6) is 0 Å². The second kappa shape index (κ2) is 4.46. The van der Waals surface area contributed by atoms with Gasteiger partial charge < -0.3 is 14.6 Å². The molecule has 0 aromatic rings.